The summed E-state index contributed by atoms with van der Waals surface area (Å²) < 4.78 is 50.3. The minimum Gasteiger partial charge on any atom is -0.756 e. The van der Waals surface area contributed by atoms with Gasteiger partial charge in [-0.2, -0.15) is 0 Å². The predicted molar refractivity (Wildman–Crippen MR) is 87.2 cm³/mol. The molecule has 0 radical (unpaired) electrons. The first-order valence-electron chi connectivity index (χ1n) is 7.84. The van der Waals surface area contributed by atoms with Gasteiger partial charge in [0.2, 0.25) is 0 Å². The van der Waals surface area contributed by atoms with Gasteiger partial charge in [-0.25, -0.2) is 18.6 Å². The number of H-pyrrole nitrogens is 1. The number of aromatic amines is 1. The number of aromatic nitrogens is 4. The van der Waals surface area contributed by atoms with Gasteiger partial charge in [0.1, 0.15) is 18.3 Å². The Morgan fingerprint density at radius 2 is 1.68 bits per heavy atom. The van der Waals surface area contributed by atoms with E-state index in [9.17, 15) is 43.4 Å². The molecule has 1 fully saturated rings. The summed E-state index contributed by atoms with van der Waals surface area (Å²) in [6.45, 7) is -1.09. The molecule has 24 heteroatoms. The van der Waals surface area contributed by atoms with E-state index in [1.54, 1.807) is 0 Å². The van der Waals surface area contributed by atoms with Gasteiger partial charge in [0, 0.05) is 0 Å². The van der Waals surface area contributed by atoms with Crippen molar-refractivity contribution in [2.75, 3.05) is 6.61 Å². The molecule has 0 aromatic carbocycles. The maximum Gasteiger partial charge on any atom is 1.00 e. The number of phosphoric acid groups is 3. The molecule has 0 aliphatic carbocycles. The normalized spacial score (nSPS) is 27.4. The van der Waals surface area contributed by atoms with Crippen molar-refractivity contribution >= 4 is 34.6 Å². The molecule has 3 unspecified atom stereocenters. The van der Waals surface area contributed by atoms with Crippen LogP contribution in [0.2, 0.25) is 0 Å². The Hall–Kier alpha value is 1.64. The number of aliphatic hydroxyl groups excluding tert-OH is 2. The van der Waals surface area contributed by atoms with Crippen molar-refractivity contribution in [1.29, 1.82) is 0 Å². The molecular weight excluding hydrogens is 562 g/mol. The molecule has 3 rings (SSSR count). The van der Waals surface area contributed by atoms with E-state index in [4.69, 9.17) is 9.63 Å². The van der Waals surface area contributed by atoms with Gasteiger partial charge in [0.15, 0.2) is 17.4 Å². The molecule has 1 saturated heterocycles. The molecule has 2 aromatic heterocycles. The molecule has 4 N–H and O–H groups in total. The van der Waals surface area contributed by atoms with Gasteiger partial charge >= 0.3 is 88.7 Å². The van der Waals surface area contributed by atoms with Gasteiger partial charge in [-0.3, -0.25) is 23.1 Å². The molecule has 2 aromatic rings. The quantitative estimate of drug-likeness (QED) is 0.168. The Kier molecular flexibility index (Phi) is 14.3. The Morgan fingerprint density at radius 1 is 1.06 bits per heavy atom. The Bertz CT molecular complexity index is 1170. The van der Waals surface area contributed by atoms with Crippen LogP contribution in [0.3, 0.4) is 0 Å². The van der Waals surface area contributed by atoms with Gasteiger partial charge in [0.05, 0.1) is 19.3 Å². The summed E-state index contributed by atoms with van der Waals surface area (Å²) in [5.41, 5.74) is -0.749. The van der Waals surface area contributed by atoms with Crippen LogP contribution in [-0.4, -0.2) is 59.5 Å². The molecule has 174 valence electrons. The fourth-order valence-corrected chi connectivity index (χ4v) is 5.49. The number of hydrogen-bond donors (Lipinski definition) is 4. The maximum absolute atomic E-state index is 11.7. The molecule has 34 heavy (non-hydrogen) atoms. The molecule has 1 aliphatic heterocycles. The minimum atomic E-state index is -6.09. The number of ether oxygens (including phenoxy) is 1. The van der Waals surface area contributed by atoms with E-state index in [-0.39, 0.29) is 99.8 Å². The number of nitrogens with zero attached hydrogens (tertiary/aromatic N) is 3. The zero-order valence-corrected chi connectivity index (χ0v) is 26.4. The Labute approximate surface area is 255 Å². The summed E-state index contributed by atoms with van der Waals surface area (Å²) >= 11 is 0. The second-order valence-corrected chi connectivity index (χ2v) is 10.2. The van der Waals surface area contributed by atoms with E-state index in [1.165, 1.54) is 0 Å². The number of rotatable bonds is 8. The van der Waals surface area contributed by atoms with E-state index in [0.29, 0.717) is 0 Å². The summed E-state index contributed by atoms with van der Waals surface area (Å²) in [6.07, 6.45) is -4.31. The van der Waals surface area contributed by atoms with Gasteiger partial charge in [0.25, 0.3) is 29.0 Å². The smallest absolute Gasteiger partial charge is 0.756 e. The number of aliphatic hydroxyl groups is 2. The third-order valence-corrected chi connectivity index (χ3v) is 7.47. The number of phosphoric ester groups is 1. The largest absolute Gasteiger partial charge is 1.00 e. The average Bonchev–Trinajstić information content (AvgIpc) is 3.13. The van der Waals surface area contributed by atoms with Crippen LogP contribution >= 0.6 is 23.5 Å². The van der Waals surface area contributed by atoms with Crippen LogP contribution in [0.5, 0.6) is 0 Å². The minimum absolute atomic E-state index is 0. The fraction of sp³-hybridized carbons (Fsp3) is 0.500. The first kappa shape index (κ1) is 35.6. The topological polar surface area (TPSA) is 282 Å². The molecule has 0 spiro atoms. The van der Waals surface area contributed by atoms with Gasteiger partial charge < -0.3 is 44.0 Å². The van der Waals surface area contributed by atoms with Gasteiger partial charge in [-0.1, -0.05) is 0 Å². The van der Waals surface area contributed by atoms with E-state index in [0.717, 1.165) is 17.2 Å². The summed E-state index contributed by atoms with van der Waals surface area (Å²) in [4.78, 5) is 63.1. The molecule has 18 nitrogen and oxygen atoms in total. The van der Waals surface area contributed by atoms with Crippen molar-refractivity contribution in [2.24, 2.45) is 0 Å². The third kappa shape index (κ3) is 9.13. The average molecular weight is 574 g/mol. The molecule has 0 saturated carbocycles. The molecule has 1 aliphatic rings. The second kappa shape index (κ2) is 13.6. The van der Waals surface area contributed by atoms with Crippen LogP contribution in [-0.2, 0) is 31.6 Å². The first-order valence-corrected chi connectivity index (χ1v) is 12.3. The number of fused-ring (bicyclic) bond motifs is 1. The standard InChI is InChI=1S/C10H15N4O14P3.3Na/c15-6-4(1-25-30(21,22)28-31(23,24)27-29(18,19)20)26-10(7(6)16)14-3-13-5-8(14)11-2-12-9(5)17;;;/h2-4,6-7,10,15-16H,1H2,(H,21,22)(H,23,24)(H,11,12,17)(H2,18,19,20);;;/q;3*+1/p-3/t4-,6-,7-,10-;;;/m0.../s1. The summed E-state index contributed by atoms with van der Waals surface area (Å²) in [5.74, 6) is 0. The zero-order valence-electron chi connectivity index (χ0n) is 17.7. The Morgan fingerprint density at radius 3 is 2.26 bits per heavy atom. The van der Waals surface area contributed by atoms with E-state index >= 15 is 0 Å². The summed E-state index contributed by atoms with van der Waals surface area (Å²) in [5, 5.41) is 20.3. The van der Waals surface area contributed by atoms with Crippen LogP contribution in [0.4, 0.5) is 0 Å². The molecule has 0 amide bonds. The SMILES string of the molecule is O=c1[nH]cnc2c1ncn2[C@H]1O[C@@H](COP(=O)([O-])OP(=O)([O-])OP(=O)([O-])O)[C@H](O)[C@@H]1O.[Na+].[Na+].[Na+]. The number of hydrogen-bond acceptors (Lipinski definition) is 15. The van der Waals surface area contributed by atoms with Crippen LogP contribution in [0.1, 0.15) is 6.23 Å². The van der Waals surface area contributed by atoms with E-state index < -0.39 is 60.2 Å². The van der Waals surface area contributed by atoms with Crippen molar-refractivity contribution in [3.63, 3.8) is 0 Å². The van der Waals surface area contributed by atoms with Crippen molar-refractivity contribution in [2.45, 2.75) is 24.5 Å². The van der Waals surface area contributed by atoms with E-state index in [2.05, 4.69) is 28.1 Å². The molecule has 0 bridgehead atoms. The maximum atomic E-state index is 11.7. The van der Waals surface area contributed by atoms with Gasteiger partial charge in [-0.05, 0) is 0 Å². The summed E-state index contributed by atoms with van der Waals surface area (Å²) in [6, 6.07) is 0. The van der Waals surface area contributed by atoms with Crippen molar-refractivity contribution in [3.8, 4) is 0 Å². The van der Waals surface area contributed by atoms with Crippen LogP contribution in [0, 0.1) is 0 Å². The Balaban J connectivity index is 0.00000363. The molecular formula is C10H12N4Na3O14P3. The fourth-order valence-electron chi connectivity index (χ4n) is 2.60. The van der Waals surface area contributed by atoms with Crippen molar-refractivity contribution in [3.05, 3.63) is 23.0 Å². The van der Waals surface area contributed by atoms with Crippen LogP contribution < -0.4 is 109 Å². The number of imidazole rings is 1. The molecule has 7 atom stereocenters. The number of nitrogens with one attached hydrogen (secondary N) is 1. The zero-order chi connectivity index (χ0) is 23.2. The van der Waals surface area contributed by atoms with Crippen LogP contribution in [0.25, 0.3) is 11.2 Å². The third-order valence-electron chi connectivity index (χ3n) is 3.78. The first-order chi connectivity index (χ1) is 14.2. The second-order valence-electron chi connectivity index (χ2n) is 5.92. The monoisotopic (exact) mass is 574 g/mol. The predicted octanol–water partition coefficient (Wildman–Crippen LogP) is -12.8. The van der Waals surface area contributed by atoms with Gasteiger partial charge in [-0.15, -0.1) is 0 Å². The van der Waals surface area contributed by atoms with E-state index in [1.807, 2.05) is 0 Å². The van der Waals surface area contributed by atoms with Crippen LogP contribution in [0.15, 0.2) is 17.4 Å². The summed E-state index contributed by atoms with van der Waals surface area (Å²) in [7, 11) is -17.8. The molecule has 3 heterocycles. The van der Waals surface area contributed by atoms with Crippen molar-refractivity contribution in [1.82, 2.24) is 19.5 Å². The van der Waals surface area contributed by atoms with Crippen molar-refractivity contribution < 1.29 is 150 Å².